The molecule has 4 N–H and O–H groups in total. The standard InChI is InChI=1S/C25H28N4O4S/c30-21(14-16-4-2-1-3-5-16)26-24-28-29-25(34-24)27-23(33)20-12-10-19(11-13-20)18-8-6-17(7-9-18)15-22(31)32/h1-5,10-13,17-18,21,30H,6-9,14-15H2,(H,26,28)(H,31,32)(H,27,29,33). The molecular weight excluding hydrogens is 452 g/mol. The number of anilines is 2. The fraction of sp³-hybridized carbons (Fsp3) is 0.360. The zero-order chi connectivity index (χ0) is 23.9. The van der Waals surface area contributed by atoms with Gasteiger partial charge in [-0.25, -0.2) is 0 Å². The van der Waals surface area contributed by atoms with Gasteiger partial charge in [-0.3, -0.25) is 14.9 Å². The van der Waals surface area contributed by atoms with Gasteiger partial charge in [0.15, 0.2) is 0 Å². The number of hydrogen-bond acceptors (Lipinski definition) is 7. The van der Waals surface area contributed by atoms with Crippen LogP contribution < -0.4 is 10.6 Å². The van der Waals surface area contributed by atoms with Crippen molar-refractivity contribution in [1.82, 2.24) is 10.2 Å². The van der Waals surface area contributed by atoms with Gasteiger partial charge in [0, 0.05) is 18.4 Å². The van der Waals surface area contributed by atoms with Gasteiger partial charge in [0.1, 0.15) is 6.23 Å². The van der Waals surface area contributed by atoms with Crippen molar-refractivity contribution in [2.75, 3.05) is 10.6 Å². The van der Waals surface area contributed by atoms with Gasteiger partial charge < -0.3 is 15.5 Å². The fourth-order valence-corrected chi connectivity index (χ4v) is 5.07. The highest BCUT2D eigenvalue weighted by molar-refractivity contribution is 7.19. The summed E-state index contributed by atoms with van der Waals surface area (Å²) in [5, 5.41) is 33.6. The van der Waals surface area contributed by atoms with E-state index in [0.717, 1.165) is 42.6 Å². The van der Waals surface area contributed by atoms with Gasteiger partial charge in [-0.1, -0.05) is 53.8 Å². The van der Waals surface area contributed by atoms with Gasteiger partial charge in [-0.2, -0.15) is 0 Å². The molecule has 1 aliphatic rings. The lowest BCUT2D eigenvalue weighted by Gasteiger charge is -2.28. The number of benzene rings is 2. The molecule has 1 saturated carbocycles. The van der Waals surface area contributed by atoms with Crippen LogP contribution >= 0.6 is 11.3 Å². The van der Waals surface area contributed by atoms with E-state index in [4.69, 9.17) is 5.11 Å². The first-order valence-corrected chi connectivity index (χ1v) is 12.2. The van der Waals surface area contributed by atoms with Gasteiger partial charge in [0.05, 0.1) is 0 Å². The Labute approximate surface area is 202 Å². The number of carbonyl (C=O) groups excluding carboxylic acids is 1. The van der Waals surface area contributed by atoms with Crippen molar-refractivity contribution in [2.24, 2.45) is 5.92 Å². The predicted octanol–water partition coefficient (Wildman–Crippen LogP) is 4.51. The first kappa shape index (κ1) is 23.8. The summed E-state index contributed by atoms with van der Waals surface area (Å²) in [4.78, 5) is 23.5. The Bertz CT molecular complexity index is 1100. The van der Waals surface area contributed by atoms with E-state index in [1.165, 1.54) is 5.56 Å². The zero-order valence-electron chi connectivity index (χ0n) is 18.7. The molecule has 1 aromatic heterocycles. The zero-order valence-corrected chi connectivity index (χ0v) is 19.5. The molecule has 0 bridgehead atoms. The van der Waals surface area contributed by atoms with Gasteiger partial charge in [-0.05, 0) is 60.8 Å². The van der Waals surface area contributed by atoms with Crippen molar-refractivity contribution in [3.8, 4) is 0 Å². The SMILES string of the molecule is O=C(O)CC1CCC(c2ccc(C(=O)Nc3nnc(NC(O)Cc4ccccc4)s3)cc2)CC1. The number of nitrogens with one attached hydrogen (secondary N) is 2. The highest BCUT2D eigenvalue weighted by Crippen LogP contribution is 2.37. The van der Waals surface area contributed by atoms with Crippen LogP contribution in [0.2, 0.25) is 0 Å². The number of aliphatic hydroxyl groups excluding tert-OH is 1. The topological polar surface area (TPSA) is 124 Å². The first-order chi connectivity index (χ1) is 16.5. The quantitative estimate of drug-likeness (QED) is 0.332. The highest BCUT2D eigenvalue weighted by Gasteiger charge is 2.24. The van der Waals surface area contributed by atoms with Crippen LogP contribution in [0.5, 0.6) is 0 Å². The molecule has 0 saturated heterocycles. The number of carboxylic acids is 1. The van der Waals surface area contributed by atoms with E-state index in [1.807, 2.05) is 42.5 Å². The lowest BCUT2D eigenvalue weighted by molar-refractivity contribution is -0.138. The van der Waals surface area contributed by atoms with Crippen molar-refractivity contribution in [3.05, 3.63) is 71.3 Å². The van der Waals surface area contributed by atoms with Crippen LogP contribution in [-0.2, 0) is 11.2 Å². The molecule has 34 heavy (non-hydrogen) atoms. The van der Waals surface area contributed by atoms with E-state index in [0.29, 0.717) is 28.2 Å². The summed E-state index contributed by atoms with van der Waals surface area (Å²) < 4.78 is 0. The van der Waals surface area contributed by atoms with Crippen LogP contribution in [0.4, 0.5) is 10.3 Å². The minimum atomic E-state index is -0.814. The Balaban J connectivity index is 1.27. The summed E-state index contributed by atoms with van der Waals surface area (Å²) in [6.45, 7) is 0. The van der Waals surface area contributed by atoms with Crippen molar-refractivity contribution in [3.63, 3.8) is 0 Å². The molecular formula is C25H28N4O4S. The number of hydrogen-bond donors (Lipinski definition) is 4. The minimum absolute atomic E-state index is 0.251. The van der Waals surface area contributed by atoms with Crippen LogP contribution in [0.15, 0.2) is 54.6 Å². The maximum absolute atomic E-state index is 12.6. The molecule has 9 heteroatoms. The Morgan fingerprint density at radius 1 is 0.971 bits per heavy atom. The molecule has 1 atom stereocenters. The summed E-state index contributed by atoms with van der Waals surface area (Å²) >= 11 is 1.16. The average Bonchev–Trinajstić information content (AvgIpc) is 3.26. The molecule has 0 radical (unpaired) electrons. The van der Waals surface area contributed by atoms with E-state index < -0.39 is 12.2 Å². The molecule has 1 fully saturated rings. The van der Waals surface area contributed by atoms with Crippen LogP contribution in [-0.4, -0.2) is 38.5 Å². The second-order valence-electron chi connectivity index (χ2n) is 8.65. The summed E-state index contributed by atoms with van der Waals surface area (Å²) in [6, 6.07) is 17.2. The molecule has 2 aromatic carbocycles. The Kier molecular flexibility index (Phi) is 7.87. The van der Waals surface area contributed by atoms with E-state index >= 15 is 0 Å². The molecule has 1 aliphatic carbocycles. The number of carboxylic acid groups (broad SMARTS) is 1. The summed E-state index contributed by atoms with van der Waals surface area (Å²) in [5.41, 5.74) is 2.70. The maximum atomic E-state index is 12.6. The van der Waals surface area contributed by atoms with Crippen LogP contribution in [0.25, 0.3) is 0 Å². The molecule has 1 unspecified atom stereocenters. The number of rotatable bonds is 9. The van der Waals surface area contributed by atoms with Crippen molar-refractivity contribution in [1.29, 1.82) is 0 Å². The molecule has 8 nitrogen and oxygen atoms in total. The third-order valence-corrected chi connectivity index (χ3v) is 6.93. The lowest BCUT2D eigenvalue weighted by Crippen LogP contribution is -2.21. The smallest absolute Gasteiger partial charge is 0.303 e. The van der Waals surface area contributed by atoms with Crippen molar-refractivity contribution >= 4 is 33.5 Å². The van der Waals surface area contributed by atoms with Crippen molar-refractivity contribution in [2.45, 2.75) is 50.7 Å². The molecule has 0 aliphatic heterocycles. The third-order valence-electron chi connectivity index (χ3n) is 6.16. The van der Waals surface area contributed by atoms with Crippen LogP contribution in [0, 0.1) is 5.92 Å². The van der Waals surface area contributed by atoms with Gasteiger partial charge >= 0.3 is 5.97 Å². The summed E-state index contributed by atoms with van der Waals surface area (Å²) in [7, 11) is 0. The number of aliphatic hydroxyl groups is 1. The molecule has 178 valence electrons. The number of nitrogens with zero attached hydrogens (tertiary/aromatic N) is 2. The van der Waals surface area contributed by atoms with E-state index in [1.54, 1.807) is 12.1 Å². The molecule has 1 amide bonds. The molecule has 3 aromatic rings. The normalized spacial score (nSPS) is 18.7. The van der Waals surface area contributed by atoms with Gasteiger partial charge in [0.2, 0.25) is 10.3 Å². The van der Waals surface area contributed by atoms with E-state index in [-0.39, 0.29) is 18.2 Å². The lowest BCUT2D eigenvalue weighted by atomic mass is 9.77. The van der Waals surface area contributed by atoms with Gasteiger partial charge in [0.25, 0.3) is 5.91 Å². The molecule has 1 heterocycles. The number of amides is 1. The number of aromatic nitrogens is 2. The van der Waals surface area contributed by atoms with Crippen LogP contribution in [0.1, 0.15) is 59.5 Å². The van der Waals surface area contributed by atoms with Crippen molar-refractivity contribution < 1.29 is 19.8 Å². The summed E-state index contributed by atoms with van der Waals surface area (Å²) in [6.07, 6.45) is 3.65. The molecule has 4 rings (SSSR count). The Hall–Kier alpha value is -3.30. The monoisotopic (exact) mass is 480 g/mol. The minimum Gasteiger partial charge on any atom is -0.481 e. The molecule has 0 spiro atoms. The number of aliphatic carboxylic acids is 1. The van der Waals surface area contributed by atoms with E-state index in [2.05, 4.69) is 20.8 Å². The third kappa shape index (κ3) is 6.61. The average molecular weight is 481 g/mol. The first-order valence-electron chi connectivity index (χ1n) is 11.4. The largest absolute Gasteiger partial charge is 0.481 e. The highest BCUT2D eigenvalue weighted by atomic mass is 32.1. The fourth-order valence-electron chi connectivity index (χ4n) is 4.39. The van der Waals surface area contributed by atoms with Gasteiger partial charge in [-0.15, -0.1) is 10.2 Å². The predicted molar refractivity (Wildman–Crippen MR) is 131 cm³/mol. The van der Waals surface area contributed by atoms with Crippen LogP contribution in [0.3, 0.4) is 0 Å². The van der Waals surface area contributed by atoms with E-state index in [9.17, 15) is 14.7 Å². The Morgan fingerprint density at radius 2 is 1.65 bits per heavy atom. The summed E-state index contributed by atoms with van der Waals surface area (Å²) in [5.74, 6) is -0.324. The Morgan fingerprint density at radius 3 is 2.32 bits per heavy atom. The number of carbonyl (C=O) groups is 2. The second-order valence-corrected chi connectivity index (χ2v) is 9.63. The maximum Gasteiger partial charge on any atom is 0.303 e. The second kappa shape index (κ2) is 11.2.